The summed E-state index contributed by atoms with van der Waals surface area (Å²) in [6.07, 6.45) is 4.81. The molecule has 3 heteroatoms. The van der Waals surface area contributed by atoms with Gasteiger partial charge in [0.05, 0.1) is 6.04 Å². The van der Waals surface area contributed by atoms with Crippen molar-refractivity contribution in [2.45, 2.75) is 58.5 Å². The number of nitrogens with two attached hydrogens (primary N) is 1. The van der Waals surface area contributed by atoms with Gasteiger partial charge in [0.25, 0.3) is 0 Å². The van der Waals surface area contributed by atoms with Gasteiger partial charge in [-0.1, -0.05) is 33.6 Å². The second-order valence-corrected chi connectivity index (χ2v) is 5.64. The van der Waals surface area contributed by atoms with Gasteiger partial charge in [-0.05, 0) is 24.7 Å². The molecular formula is C13H26N2O. The van der Waals surface area contributed by atoms with E-state index in [1.165, 1.54) is 12.8 Å². The van der Waals surface area contributed by atoms with Crippen LogP contribution in [0.3, 0.4) is 0 Å². The molecule has 0 aromatic carbocycles. The fourth-order valence-electron chi connectivity index (χ4n) is 2.45. The zero-order valence-corrected chi connectivity index (χ0v) is 11.1. The van der Waals surface area contributed by atoms with Crippen molar-refractivity contribution < 1.29 is 4.79 Å². The molecule has 1 aliphatic carbocycles. The average molecular weight is 226 g/mol. The van der Waals surface area contributed by atoms with Crippen molar-refractivity contribution in [3.8, 4) is 0 Å². The molecule has 3 unspecified atom stereocenters. The summed E-state index contributed by atoms with van der Waals surface area (Å²) in [6, 6.07) is 0.0586. The lowest BCUT2D eigenvalue weighted by Crippen LogP contribution is -2.49. The average Bonchev–Trinajstić information content (AvgIpc) is 2.26. The highest BCUT2D eigenvalue weighted by molar-refractivity contribution is 5.81. The van der Waals surface area contributed by atoms with Gasteiger partial charge in [-0.25, -0.2) is 0 Å². The van der Waals surface area contributed by atoms with Crippen LogP contribution < -0.4 is 5.73 Å². The van der Waals surface area contributed by atoms with Gasteiger partial charge in [0.1, 0.15) is 0 Å². The third kappa shape index (κ3) is 3.21. The molecule has 0 spiro atoms. The summed E-state index contributed by atoms with van der Waals surface area (Å²) in [4.78, 5) is 14.0. The van der Waals surface area contributed by atoms with Crippen LogP contribution in [-0.4, -0.2) is 29.9 Å². The molecule has 0 heterocycles. The minimum atomic E-state index is -0.345. The number of likely N-dealkylation sites (N-methyl/N-ethyl adjacent to an activating group) is 1. The highest BCUT2D eigenvalue weighted by Crippen LogP contribution is 2.27. The zero-order chi connectivity index (χ0) is 12.3. The molecule has 1 fully saturated rings. The van der Waals surface area contributed by atoms with Crippen molar-refractivity contribution in [1.82, 2.24) is 4.90 Å². The van der Waals surface area contributed by atoms with Crippen molar-refractivity contribution in [2.24, 2.45) is 17.6 Å². The summed E-state index contributed by atoms with van der Waals surface area (Å²) in [5, 5.41) is 0. The number of rotatable bonds is 3. The molecular weight excluding hydrogens is 200 g/mol. The first-order valence-electron chi connectivity index (χ1n) is 6.45. The molecule has 0 aromatic rings. The molecule has 3 nitrogen and oxygen atoms in total. The molecule has 0 radical (unpaired) electrons. The standard InChI is InChI=1S/C13H26N2O/c1-9(2)12(14)13(16)15(4)11-7-5-6-10(3)8-11/h9-12H,5-8,14H2,1-4H3. The summed E-state index contributed by atoms with van der Waals surface area (Å²) >= 11 is 0. The number of carbonyl (C=O) groups excluding carboxylic acids is 1. The van der Waals surface area contributed by atoms with Gasteiger partial charge in [0, 0.05) is 13.1 Å². The number of carbonyl (C=O) groups is 1. The summed E-state index contributed by atoms with van der Waals surface area (Å²) in [5.41, 5.74) is 5.91. The van der Waals surface area contributed by atoms with E-state index in [-0.39, 0.29) is 17.9 Å². The molecule has 0 saturated heterocycles. The second-order valence-electron chi connectivity index (χ2n) is 5.64. The van der Waals surface area contributed by atoms with E-state index >= 15 is 0 Å². The fourth-order valence-corrected chi connectivity index (χ4v) is 2.45. The molecule has 1 saturated carbocycles. The lowest BCUT2D eigenvalue weighted by Gasteiger charge is -2.36. The van der Waals surface area contributed by atoms with Gasteiger partial charge in [-0.2, -0.15) is 0 Å². The van der Waals surface area contributed by atoms with Crippen LogP contribution in [-0.2, 0) is 4.79 Å². The van der Waals surface area contributed by atoms with E-state index in [0.717, 1.165) is 18.8 Å². The topological polar surface area (TPSA) is 46.3 Å². The van der Waals surface area contributed by atoms with Crippen molar-refractivity contribution in [3.05, 3.63) is 0 Å². The van der Waals surface area contributed by atoms with Crippen LogP contribution in [0.25, 0.3) is 0 Å². The Morgan fingerprint density at radius 3 is 2.50 bits per heavy atom. The van der Waals surface area contributed by atoms with Gasteiger partial charge in [0.15, 0.2) is 0 Å². The Labute approximate surface area is 99.4 Å². The predicted molar refractivity (Wildman–Crippen MR) is 67.0 cm³/mol. The SMILES string of the molecule is CC1CCCC(N(C)C(=O)C(N)C(C)C)C1. The molecule has 0 bridgehead atoms. The predicted octanol–water partition coefficient (Wildman–Crippen LogP) is 2.01. The Bertz CT molecular complexity index is 240. The third-order valence-electron chi connectivity index (χ3n) is 3.81. The highest BCUT2D eigenvalue weighted by Gasteiger charge is 2.29. The lowest BCUT2D eigenvalue weighted by molar-refractivity contribution is -0.135. The van der Waals surface area contributed by atoms with Crippen molar-refractivity contribution in [3.63, 3.8) is 0 Å². The van der Waals surface area contributed by atoms with Gasteiger partial charge in [-0.3, -0.25) is 4.79 Å². The van der Waals surface area contributed by atoms with Crippen molar-refractivity contribution >= 4 is 5.91 Å². The normalized spacial score (nSPS) is 27.9. The summed E-state index contributed by atoms with van der Waals surface area (Å²) in [6.45, 7) is 6.27. The molecule has 1 rings (SSSR count). The Morgan fingerprint density at radius 2 is 2.00 bits per heavy atom. The molecule has 1 amide bonds. The van der Waals surface area contributed by atoms with Gasteiger partial charge < -0.3 is 10.6 Å². The first-order valence-corrected chi connectivity index (χ1v) is 6.45. The molecule has 0 aromatic heterocycles. The highest BCUT2D eigenvalue weighted by atomic mass is 16.2. The van der Waals surface area contributed by atoms with Gasteiger partial charge >= 0.3 is 0 Å². The molecule has 0 aliphatic heterocycles. The largest absolute Gasteiger partial charge is 0.341 e. The van der Waals surface area contributed by atoms with Crippen LogP contribution in [0.2, 0.25) is 0 Å². The second kappa shape index (κ2) is 5.67. The summed E-state index contributed by atoms with van der Waals surface area (Å²) in [5.74, 6) is 1.06. The monoisotopic (exact) mass is 226 g/mol. The maximum Gasteiger partial charge on any atom is 0.239 e. The Hall–Kier alpha value is -0.570. The first kappa shape index (κ1) is 13.5. The number of nitrogens with zero attached hydrogens (tertiary/aromatic N) is 1. The Kier molecular flexibility index (Phi) is 4.78. The fraction of sp³-hybridized carbons (Fsp3) is 0.923. The number of hydrogen-bond acceptors (Lipinski definition) is 2. The van der Waals surface area contributed by atoms with Crippen LogP contribution in [0.15, 0.2) is 0 Å². The van der Waals surface area contributed by atoms with E-state index in [2.05, 4.69) is 6.92 Å². The smallest absolute Gasteiger partial charge is 0.239 e. The van der Waals surface area contributed by atoms with E-state index in [1.54, 1.807) is 0 Å². The molecule has 2 N–H and O–H groups in total. The molecule has 3 atom stereocenters. The zero-order valence-electron chi connectivity index (χ0n) is 11.1. The lowest BCUT2D eigenvalue weighted by atomic mass is 9.86. The summed E-state index contributed by atoms with van der Waals surface area (Å²) in [7, 11) is 1.91. The third-order valence-corrected chi connectivity index (χ3v) is 3.81. The van der Waals surface area contributed by atoms with Gasteiger partial charge in [-0.15, -0.1) is 0 Å². The van der Waals surface area contributed by atoms with E-state index in [4.69, 9.17) is 5.73 Å². The summed E-state index contributed by atoms with van der Waals surface area (Å²) < 4.78 is 0. The quantitative estimate of drug-likeness (QED) is 0.800. The molecule has 1 aliphatic rings. The van der Waals surface area contributed by atoms with Crippen molar-refractivity contribution in [2.75, 3.05) is 7.05 Å². The maximum atomic E-state index is 12.1. The van der Waals surface area contributed by atoms with Crippen LogP contribution in [0.4, 0.5) is 0 Å². The molecule has 94 valence electrons. The van der Waals surface area contributed by atoms with E-state index < -0.39 is 0 Å². The van der Waals surface area contributed by atoms with E-state index in [1.807, 2.05) is 25.8 Å². The van der Waals surface area contributed by atoms with Crippen LogP contribution in [0, 0.1) is 11.8 Å². The Balaban J connectivity index is 2.55. The van der Waals surface area contributed by atoms with Crippen LogP contribution >= 0.6 is 0 Å². The Morgan fingerprint density at radius 1 is 1.38 bits per heavy atom. The van der Waals surface area contributed by atoms with Crippen molar-refractivity contribution in [1.29, 1.82) is 0 Å². The van der Waals surface area contributed by atoms with Gasteiger partial charge in [0.2, 0.25) is 5.91 Å². The van der Waals surface area contributed by atoms with E-state index in [0.29, 0.717) is 6.04 Å². The minimum Gasteiger partial charge on any atom is -0.341 e. The van der Waals surface area contributed by atoms with E-state index in [9.17, 15) is 4.79 Å². The number of hydrogen-bond donors (Lipinski definition) is 1. The van der Waals surface area contributed by atoms with Crippen LogP contribution in [0.1, 0.15) is 46.5 Å². The minimum absolute atomic E-state index is 0.106. The van der Waals surface area contributed by atoms with Crippen LogP contribution in [0.5, 0.6) is 0 Å². The maximum absolute atomic E-state index is 12.1. The molecule has 16 heavy (non-hydrogen) atoms. The number of amides is 1. The first-order chi connectivity index (χ1) is 7.43.